The molecule has 3 nitrogen and oxygen atoms in total. The minimum Gasteiger partial charge on any atom is -0.391 e. The molecule has 0 aliphatic carbocycles. The fourth-order valence-electron chi connectivity index (χ4n) is 2.10. The SMILES string of the molecule is CCC(CC)C(O)CNC(=O)CCSc1ccc(F)cc1. The topological polar surface area (TPSA) is 49.3 Å². The Morgan fingerprint density at radius 2 is 1.90 bits per heavy atom. The van der Waals surface area contributed by atoms with E-state index in [-0.39, 0.29) is 17.6 Å². The first-order valence-corrected chi connectivity index (χ1v) is 8.38. The summed E-state index contributed by atoms with van der Waals surface area (Å²) in [7, 11) is 0. The standard InChI is InChI=1S/C16H24FNO2S/c1-3-12(4-2)15(19)11-18-16(20)9-10-21-14-7-5-13(17)6-8-14/h5-8,12,15,19H,3-4,9-11H2,1-2H3,(H,18,20). The van der Waals surface area contributed by atoms with Crippen molar-refractivity contribution >= 4 is 17.7 Å². The molecule has 0 radical (unpaired) electrons. The van der Waals surface area contributed by atoms with Crippen LogP contribution in [-0.4, -0.2) is 29.4 Å². The summed E-state index contributed by atoms with van der Waals surface area (Å²) in [5.41, 5.74) is 0. The summed E-state index contributed by atoms with van der Waals surface area (Å²) < 4.78 is 12.7. The average Bonchev–Trinajstić information content (AvgIpc) is 2.48. The van der Waals surface area contributed by atoms with E-state index in [2.05, 4.69) is 5.32 Å². The molecular formula is C16H24FNO2S. The second-order valence-corrected chi connectivity index (χ2v) is 6.17. The molecule has 0 spiro atoms. The van der Waals surface area contributed by atoms with Gasteiger partial charge in [0.15, 0.2) is 0 Å². The number of carbonyl (C=O) groups is 1. The van der Waals surface area contributed by atoms with Crippen molar-refractivity contribution in [2.75, 3.05) is 12.3 Å². The summed E-state index contributed by atoms with van der Waals surface area (Å²) in [6, 6.07) is 6.23. The van der Waals surface area contributed by atoms with Crippen LogP contribution in [0.4, 0.5) is 4.39 Å². The van der Waals surface area contributed by atoms with Gasteiger partial charge in [-0.2, -0.15) is 0 Å². The number of halogens is 1. The molecule has 0 fully saturated rings. The minimum atomic E-state index is -0.478. The number of thioether (sulfide) groups is 1. The van der Waals surface area contributed by atoms with Crippen molar-refractivity contribution in [3.05, 3.63) is 30.1 Å². The normalized spacial score (nSPS) is 12.4. The van der Waals surface area contributed by atoms with E-state index in [0.717, 1.165) is 17.7 Å². The zero-order valence-electron chi connectivity index (χ0n) is 12.6. The van der Waals surface area contributed by atoms with Gasteiger partial charge in [0.2, 0.25) is 5.91 Å². The van der Waals surface area contributed by atoms with Gasteiger partial charge in [0, 0.05) is 23.6 Å². The molecule has 0 aromatic heterocycles. The van der Waals surface area contributed by atoms with E-state index in [4.69, 9.17) is 0 Å². The van der Waals surface area contributed by atoms with Crippen LogP contribution in [0.15, 0.2) is 29.2 Å². The van der Waals surface area contributed by atoms with E-state index >= 15 is 0 Å². The second kappa shape index (κ2) is 9.79. The fourth-order valence-corrected chi connectivity index (χ4v) is 2.95. The van der Waals surface area contributed by atoms with E-state index in [1.165, 1.54) is 23.9 Å². The van der Waals surface area contributed by atoms with Crippen LogP contribution in [0.25, 0.3) is 0 Å². The van der Waals surface area contributed by atoms with Crippen LogP contribution >= 0.6 is 11.8 Å². The van der Waals surface area contributed by atoms with Crippen molar-refractivity contribution in [3.63, 3.8) is 0 Å². The number of hydrogen-bond acceptors (Lipinski definition) is 3. The lowest BCUT2D eigenvalue weighted by Crippen LogP contribution is -2.36. The third-order valence-electron chi connectivity index (χ3n) is 3.51. The summed E-state index contributed by atoms with van der Waals surface area (Å²) in [6.45, 7) is 4.39. The largest absolute Gasteiger partial charge is 0.391 e. The van der Waals surface area contributed by atoms with Crippen molar-refractivity contribution in [3.8, 4) is 0 Å². The summed E-state index contributed by atoms with van der Waals surface area (Å²) in [6.07, 6.45) is 1.73. The van der Waals surface area contributed by atoms with E-state index < -0.39 is 6.10 Å². The summed E-state index contributed by atoms with van der Waals surface area (Å²) in [4.78, 5) is 12.6. The first kappa shape index (κ1) is 18.0. The Morgan fingerprint density at radius 3 is 2.48 bits per heavy atom. The van der Waals surface area contributed by atoms with E-state index in [1.54, 1.807) is 12.1 Å². The van der Waals surface area contributed by atoms with Crippen LogP contribution in [-0.2, 0) is 4.79 Å². The molecule has 5 heteroatoms. The van der Waals surface area contributed by atoms with E-state index in [0.29, 0.717) is 18.7 Å². The Hall–Kier alpha value is -1.07. The quantitative estimate of drug-likeness (QED) is 0.688. The van der Waals surface area contributed by atoms with Gasteiger partial charge in [-0.3, -0.25) is 4.79 Å². The molecule has 0 saturated heterocycles. The number of benzene rings is 1. The first-order valence-electron chi connectivity index (χ1n) is 7.39. The zero-order chi connectivity index (χ0) is 15.7. The van der Waals surface area contributed by atoms with Crippen LogP contribution in [0, 0.1) is 11.7 Å². The van der Waals surface area contributed by atoms with Crippen LogP contribution in [0.5, 0.6) is 0 Å². The Bertz CT molecular complexity index is 421. The Labute approximate surface area is 130 Å². The maximum atomic E-state index is 12.7. The van der Waals surface area contributed by atoms with Crippen LogP contribution < -0.4 is 5.32 Å². The van der Waals surface area contributed by atoms with Gasteiger partial charge in [-0.25, -0.2) is 4.39 Å². The fraction of sp³-hybridized carbons (Fsp3) is 0.562. The van der Waals surface area contributed by atoms with Gasteiger partial charge in [0.1, 0.15) is 5.82 Å². The molecule has 1 atom stereocenters. The molecule has 21 heavy (non-hydrogen) atoms. The van der Waals surface area contributed by atoms with Gasteiger partial charge in [-0.1, -0.05) is 26.7 Å². The lowest BCUT2D eigenvalue weighted by molar-refractivity contribution is -0.121. The molecule has 1 rings (SSSR count). The Balaban J connectivity index is 2.20. The van der Waals surface area contributed by atoms with Crippen LogP contribution in [0.2, 0.25) is 0 Å². The maximum absolute atomic E-state index is 12.7. The third kappa shape index (κ3) is 6.96. The molecule has 1 unspecified atom stereocenters. The van der Waals surface area contributed by atoms with Crippen molar-refractivity contribution < 1.29 is 14.3 Å². The van der Waals surface area contributed by atoms with Crippen molar-refractivity contribution in [1.82, 2.24) is 5.32 Å². The minimum absolute atomic E-state index is 0.0605. The second-order valence-electron chi connectivity index (χ2n) is 5.00. The summed E-state index contributed by atoms with van der Waals surface area (Å²) >= 11 is 1.52. The Kier molecular flexibility index (Phi) is 8.38. The van der Waals surface area contributed by atoms with Gasteiger partial charge in [-0.15, -0.1) is 11.8 Å². The number of aliphatic hydroxyl groups excluding tert-OH is 1. The first-order chi connectivity index (χ1) is 10.1. The highest BCUT2D eigenvalue weighted by molar-refractivity contribution is 7.99. The number of nitrogens with one attached hydrogen (secondary N) is 1. The number of aliphatic hydroxyl groups is 1. The predicted octanol–water partition coefficient (Wildman–Crippen LogP) is 3.22. The van der Waals surface area contributed by atoms with E-state index in [9.17, 15) is 14.3 Å². The smallest absolute Gasteiger partial charge is 0.220 e. The van der Waals surface area contributed by atoms with Gasteiger partial charge < -0.3 is 10.4 Å². The molecule has 0 aliphatic rings. The van der Waals surface area contributed by atoms with Crippen molar-refractivity contribution in [2.24, 2.45) is 5.92 Å². The zero-order valence-corrected chi connectivity index (χ0v) is 13.5. The molecule has 0 saturated carbocycles. The van der Waals surface area contributed by atoms with Gasteiger partial charge >= 0.3 is 0 Å². The summed E-state index contributed by atoms with van der Waals surface area (Å²) in [5, 5.41) is 12.7. The average molecular weight is 313 g/mol. The number of amides is 1. The monoisotopic (exact) mass is 313 g/mol. The van der Waals surface area contributed by atoms with Gasteiger partial charge in [0.05, 0.1) is 6.10 Å². The number of hydrogen-bond donors (Lipinski definition) is 2. The lowest BCUT2D eigenvalue weighted by Gasteiger charge is -2.20. The molecule has 2 N–H and O–H groups in total. The highest BCUT2D eigenvalue weighted by Crippen LogP contribution is 2.18. The molecule has 0 aliphatic heterocycles. The number of rotatable bonds is 9. The molecule has 118 valence electrons. The van der Waals surface area contributed by atoms with Crippen LogP contribution in [0.3, 0.4) is 0 Å². The molecule has 1 aromatic rings. The molecule has 0 bridgehead atoms. The lowest BCUT2D eigenvalue weighted by atomic mass is 9.96. The third-order valence-corrected chi connectivity index (χ3v) is 4.53. The molecule has 1 aromatic carbocycles. The number of carbonyl (C=O) groups excluding carboxylic acids is 1. The van der Waals surface area contributed by atoms with E-state index in [1.807, 2.05) is 13.8 Å². The predicted molar refractivity (Wildman–Crippen MR) is 84.8 cm³/mol. The maximum Gasteiger partial charge on any atom is 0.220 e. The highest BCUT2D eigenvalue weighted by Gasteiger charge is 2.15. The highest BCUT2D eigenvalue weighted by atomic mass is 32.2. The van der Waals surface area contributed by atoms with Crippen LogP contribution in [0.1, 0.15) is 33.1 Å². The van der Waals surface area contributed by atoms with Gasteiger partial charge in [0.25, 0.3) is 0 Å². The Morgan fingerprint density at radius 1 is 1.29 bits per heavy atom. The van der Waals surface area contributed by atoms with Crippen molar-refractivity contribution in [1.29, 1.82) is 0 Å². The van der Waals surface area contributed by atoms with Gasteiger partial charge in [-0.05, 0) is 30.2 Å². The molecule has 1 amide bonds. The summed E-state index contributed by atoms with van der Waals surface area (Å²) in [5.74, 6) is 0.555. The molecule has 0 heterocycles. The molecular weight excluding hydrogens is 289 g/mol. The van der Waals surface area contributed by atoms with Crippen molar-refractivity contribution in [2.45, 2.75) is 44.1 Å².